The van der Waals surface area contributed by atoms with Crippen LogP contribution in [0.4, 0.5) is 0 Å². The third-order valence-corrected chi connectivity index (χ3v) is 6.20. The summed E-state index contributed by atoms with van der Waals surface area (Å²) >= 11 is 25.5. The first kappa shape index (κ1) is 17.1. The normalized spacial score (nSPS) is 18.7. The van der Waals surface area contributed by atoms with E-state index in [2.05, 4.69) is 0 Å². The standard InChI is InChI=1S/C20H12Cl4O/c21-15-14-13(11-7-3-1-4-8-11)19(12-9-5-2-6-10-12)25-20(14)18(24)17(23)16(15)22/h1-10,13,19H/t13-,19+/m0/s1. The van der Waals surface area contributed by atoms with E-state index in [9.17, 15) is 0 Å². The van der Waals surface area contributed by atoms with E-state index in [-0.39, 0.29) is 22.1 Å². The second-order valence-corrected chi connectivity index (χ2v) is 7.35. The van der Waals surface area contributed by atoms with Crippen molar-refractivity contribution in [2.45, 2.75) is 12.0 Å². The fraction of sp³-hybridized carbons (Fsp3) is 0.100. The lowest BCUT2D eigenvalue weighted by Crippen LogP contribution is -2.11. The van der Waals surface area contributed by atoms with Crippen LogP contribution < -0.4 is 4.74 Å². The van der Waals surface area contributed by atoms with Gasteiger partial charge < -0.3 is 4.74 Å². The van der Waals surface area contributed by atoms with Crippen LogP contribution in [0.1, 0.15) is 28.7 Å². The van der Waals surface area contributed by atoms with E-state index in [0.717, 1.165) is 16.7 Å². The van der Waals surface area contributed by atoms with Gasteiger partial charge in [-0.2, -0.15) is 0 Å². The monoisotopic (exact) mass is 408 g/mol. The smallest absolute Gasteiger partial charge is 0.145 e. The van der Waals surface area contributed by atoms with Crippen LogP contribution in [-0.2, 0) is 0 Å². The molecule has 5 heteroatoms. The fourth-order valence-electron chi connectivity index (χ4n) is 3.27. The SMILES string of the molecule is Clc1c(Cl)c(Cl)c2c(c1Cl)O[C@H](c1ccccc1)[C@H]2c1ccccc1. The zero-order valence-corrected chi connectivity index (χ0v) is 15.9. The Labute approximate surface area is 166 Å². The molecule has 0 radical (unpaired) electrons. The number of fused-ring (bicyclic) bond motifs is 1. The second-order valence-electron chi connectivity index (χ2n) is 5.84. The van der Waals surface area contributed by atoms with E-state index < -0.39 is 0 Å². The van der Waals surface area contributed by atoms with Crippen LogP contribution in [0.3, 0.4) is 0 Å². The third kappa shape index (κ3) is 2.80. The highest BCUT2D eigenvalue weighted by atomic mass is 35.5. The van der Waals surface area contributed by atoms with Gasteiger partial charge in [0, 0.05) is 5.56 Å². The van der Waals surface area contributed by atoms with Crippen LogP contribution in [0.5, 0.6) is 5.75 Å². The Morgan fingerprint density at radius 3 is 1.72 bits per heavy atom. The average molecular weight is 410 g/mol. The van der Waals surface area contributed by atoms with Gasteiger partial charge in [-0.25, -0.2) is 0 Å². The summed E-state index contributed by atoms with van der Waals surface area (Å²) < 4.78 is 6.25. The van der Waals surface area contributed by atoms with Gasteiger partial charge in [-0.15, -0.1) is 0 Å². The van der Waals surface area contributed by atoms with Gasteiger partial charge in [-0.05, 0) is 11.1 Å². The molecule has 0 saturated heterocycles. The van der Waals surface area contributed by atoms with Gasteiger partial charge in [-0.3, -0.25) is 0 Å². The number of halogens is 4. The molecule has 2 atom stereocenters. The van der Waals surface area contributed by atoms with E-state index in [0.29, 0.717) is 15.8 Å². The maximum Gasteiger partial charge on any atom is 0.145 e. The molecule has 0 bridgehead atoms. The lowest BCUT2D eigenvalue weighted by atomic mass is 9.85. The maximum absolute atomic E-state index is 6.56. The van der Waals surface area contributed by atoms with Crippen molar-refractivity contribution in [3.05, 3.63) is 97.4 Å². The summed E-state index contributed by atoms with van der Waals surface area (Å²) in [6.45, 7) is 0. The van der Waals surface area contributed by atoms with Crippen LogP contribution >= 0.6 is 46.4 Å². The zero-order chi connectivity index (χ0) is 17.6. The van der Waals surface area contributed by atoms with Crippen molar-refractivity contribution in [3.63, 3.8) is 0 Å². The minimum absolute atomic E-state index is 0.127. The van der Waals surface area contributed by atoms with Crippen molar-refractivity contribution in [1.29, 1.82) is 0 Å². The lowest BCUT2D eigenvalue weighted by Gasteiger charge is -2.20. The summed E-state index contributed by atoms with van der Waals surface area (Å²) in [5, 5.41) is 1.15. The largest absolute Gasteiger partial charge is 0.483 e. The molecule has 0 spiro atoms. The first-order valence-corrected chi connectivity index (χ1v) is 9.23. The van der Waals surface area contributed by atoms with Gasteiger partial charge >= 0.3 is 0 Å². The molecule has 126 valence electrons. The van der Waals surface area contributed by atoms with Crippen LogP contribution in [-0.4, -0.2) is 0 Å². The Kier molecular flexibility index (Phi) is 4.59. The predicted molar refractivity (Wildman–Crippen MR) is 105 cm³/mol. The van der Waals surface area contributed by atoms with Crippen LogP contribution in [0.2, 0.25) is 20.1 Å². The average Bonchev–Trinajstić information content (AvgIpc) is 3.07. The van der Waals surface area contributed by atoms with Gasteiger partial charge in [0.1, 0.15) is 16.9 Å². The van der Waals surface area contributed by atoms with Gasteiger partial charge in [0.05, 0.1) is 21.0 Å². The van der Waals surface area contributed by atoms with E-state index >= 15 is 0 Å². The minimum Gasteiger partial charge on any atom is -0.483 e. The van der Waals surface area contributed by atoms with Crippen molar-refractivity contribution in [2.75, 3.05) is 0 Å². The fourth-order valence-corrected chi connectivity index (χ4v) is 4.28. The lowest BCUT2D eigenvalue weighted by molar-refractivity contribution is 0.222. The molecule has 0 amide bonds. The maximum atomic E-state index is 6.56. The second kappa shape index (κ2) is 6.74. The van der Waals surface area contributed by atoms with Crippen molar-refractivity contribution < 1.29 is 4.74 Å². The highest BCUT2D eigenvalue weighted by molar-refractivity contribution is 6.52. The summed E-state index contributed by atoms with van der Waals surface area (Å²) in [5.41, 5.74) is 2.89. The molecular formula is C20H12Cl4O. The van der Waals surface area contributed by atoms with Crippen LogP contribution in [0.25, 0.3) is 0 Å². The molecule has 0 aromatic heterocycles. The summed E-state index contributed by atoms with van der Waals surface area (Å²) in [7, 11) is 0. The highest BCUT2D eigenvalue weighted by Gasteiger charge is 2.41. The van der Waals surface area contributed by atoms with Crippen molar-refractivity contribution in [1.82, 2.24) is 0 Å². The molecule has 1 aliphatic heterocycles. The topological polar surface area (TPSA) is 9.23 Å². The van der Waals surface area contributed by atoms with Gasteiger partial charge in [-0.1, -0.05) is 107 Å². The molecule has 0 N–H and O–H groups in total. The van der Waals surface area contributed by atoms with Crippen molar-refractivity contribution >= 4 is 46.4 Å². The van der Waals surface area contributed by atoms with E-state index in [4.69, 9.17) is 51.1 Å². The van der Waals surface area contributed by atoms with Gasteiger partial charge in [0.2, 0.25) is 0 Å². The summed E-state index contributed by atoms with van der Waals surface area (Å²) in [6.07, 6.45) is -0.261. The van der Waals surface area contributed by atoms with Gasteiger partial charge in [0.25, 0.3) is 0 Å². The number of hydrogen-bond donors (Lipinski definition) is 0. The molecule has 1 aliphatic rings. The molecular weight excluding hydrogens is 398 g/mol. The molecule has 0 saturated carbocycles. The summed E-state index contributed by atoms with van der Waals surface area (Å²) in [5.74, 6) is 0.377. The molecule has 3 aromatic rings. The summed E-state index contributed by atoms with van der Waals surface area (Å²) in [6, 6.07) is 20.0. The van der Waals surface area contributed by atoms with Crippen molar-refractivity contribution in [3.8, 4) is 5.75 Å². The zero-order valence-electron chi connectivity index (χ0n) is 12.8. The number of benzene rings is 3. The molecule has 1 heterocycles. The van der Waals surface area contributed by atoms with Crippen LogP contribution in [0.15, 0.2) is 60.7 Å². The Balaban J connectivity index is 1.97. The van der Waals surface area contributed by atoms with Crippen molar-refractivity contribution in [2.24, 2.45) is 0 Å². The molecule has 1 nitrogen and oxygen atoms in total. The first-order valence-electron chi connectivity index (χ1n) is 7.72. The molecule has 0 fully saturated rings. The highest BCUT2D eigenvalue weighted by Crippen LogP contribution is 2.58. The van der Waals surface area contributed by atoms with E-state index in [1.165, 1.54) is 0 Å². The van der Waals surface area contributed by atoms with Crippen LogP contribution in [0, 0.1) is 0 Å². The van der Waals surface area contributed by atoms with E-state index in [1.54, 1.807) is 0 Å². The number of hydrogen-bond acceptors (Lipinski definition) is 1. The third-order valence-electron chi connectivity index (χ3n) is 4.40. The van der Waals surface area contributed by atoms with Gasteiger partial charge in [0.15, 0.2) is 0 Å². The molecule has 3 aromatic carbocycles. The Morgan fingerprint density at radius 2 is 1.12 bits per heavy atom. The van der Waals surface area contributed by atoms with E-state index in [1.807, 2.05) is 60.7 Å². The molecule has 0 aliphatic carbocycles. The molecule has 4 rings (SSSR count). The first-order chi connectivity index (χ1) is 12.1. The Bertz CT molecular complexity index is 926. The predicted octanol–water partition coefficient (Wildman–Crippen LogP) is 7.57. The Morgan fingerprint density at radius 1 is 0.600 bits per heavy atom. The quantitative estimate of drug-likeness (QED) is 0.313. The summed E-state index contributed by atoms with van der Waals surface area (Å²) in [4.78, 5) is 0. The molecule has 0 unspecified atom stereocenters. The number of ether oxygens (including phenoxy) is 1. The number of rotatable bonds is 2. The molecule has 25 heavy (non-hydrogen) atoms. The minimum atomic E-state index is -0.261. The Hall–Kier alpha value is -1.38.